The van der Waals surface area contributed by atoms with Crippen LogP contribution < -0.4 is 10.3 Å². The maximum atomic E-state index is 15.2. The fourth-order valence-corrected chi connectivity index (χ4v) is 4.42. The minimum Gasteiger partial charge on any atom is -0.496 e. The lowest BCUT2D eigenvalue weighted by Crippen LogP contribution is -2.21. The lowest BCUT2D eigenvalue weighted by molar-refractivity contribution is 0.183. The second-order valence-corrected chi connectivity index (χ2v) is 8.23. The molecule has 0 saturated heterocycles. The van der Waals surface area contributed by atoms with Crippen LogP contribution in [-0.4, -0.2) is 38.5 Å². The van der Waals surface area contributed by atoms with Gasteiger partial charge in [0.25, 0.3) is 5.56 Å². The third-order valence-electron chi connectivity index (χ3n) is 6.23. The number of fused-ring (bicyclic) bond motifs is 2. The molecule has 0 aliphatic carbocycles. The first-order chi connectivity index (χ1) is 17.0. The number of aromatic nitrogens is 5. The van der Waals surface area contributed by atoms with Gasteiger partial charge in [0.05, 0.1) is 31.8 Å². The van der Waals surface area contributed by atoms with Gasteiger partial charge in [0.15, 0.2) is 5.65 Å². The van der Waals surface area contributed by atoms with E-state index in [4.69, 9.17) is 9.47 Å². The molecule has 0 fully saturated rings. The molecule has 0 N–H and O–H groups in total. The van der Waals surface area contributed by atoms with E-state index in [0.717, 1.165) is 16.5 Å². The van der Waals surface area contributed by atoms with Gasteiger partial charge in [0.2, 0.25) is 0 Å². The summed E-state index contributed by atoms with van der Waals surface area (Å²) < 4.78 is 29.5. The molecular weight excluding hydrogens is 449 g/mol. The van der Waals surface area contributed by atoms with Crippen LogP contribution in [0.15, 0.2) is 53.7 Å². The molecule has 0 atom stereocenters. The van der Waals surface area contributed by atoms with Crippen molar-refractivity contribution < 1.29 is 13.9 Å². The van der Waals surface area contributed by atoms with Crippen molar-refractivity contribution in [3.63, 3.8) is 0 Å². The molecule has 0 spiro atoms. The van der Waals surface area contributed by atoms with Crippen molar-refractivity contribution in [2.45, 2.75) is 20.1 Å². The van der Waals surface area contributed by atoms with Crippen LogP contribution >= 0.6 is 0 Å². The van der Waals surface area contributed by atoms with Gasteiger partial charge in [0, 0.05) is 49.0 Å². The van der Waals surface area contributed by atoms with Crippen LogP contribution in [0.4, 0.5) is 4.39 Å². The molecule has 9 heteroatoms. The zero-order valence-corrected chi connectivity index (χ0v) is 19.9. The number of nitrogens with zero attached hydrogens (tertiary/aromatic N) is 5. The van der Waals surface area contributed by atoms with Crippen molar-refractivity contribution in [3.05, 3.63) is 70.7 Å². The monoisotopic (exact) mass is 473 g/mol. The Balaban J connectivity index is 1.73. The van der Waals surface area contributed by atoms with E-state index in [1.807, 2.05) is 17.6 Å². The number of methoxy groups -OCH3 is 2. The van der Waals surface area contributed by atoms with Gasteiger partial charge in [-0.25, -0.2) is 9.37 Å². The third kappa shape index (κ3) is 3.74. The Kier molecular flexibility index (Phi) is 5.78. The minimum absolute atomic E-state index is 0.150. The summed E-state index contributed by atoms with van der Waals surface area (Å²) in [5, 5.41) is 9.13. The highest BCUT2D eigenvalue weighted by atomic mass is 19.1. The molecule has 2 aromatic carbocycles. The summed E-state index contributed by atoms with van der Waals surface area (Å²) in [4.78, 5) is 17.2. The highest BCUT2D eigenvalue weighted by Crippen LogP contribution is 2.38. The second kappa shape index (κ2) is 8.92. The average Bonchev–Trinajstić information content (AvgIpc) is 3.30. The van der Waals surface area contributed by atoms with Crippen LogP contribution in [-0.2, 0) is 24.9 Å². The molecule has 0 bridgehead atoms. The number of ether oxygens (including phenoxy) is 2. The summed E-state index contributed by atoms with van der Waals surface area (Å²) in [6.07, 6.45) is 3.36. The molecule has 0 aliphatic rings. The molecule has 0 saturated carbocycles. The lowest BCUT2D eigenvalue weighted by Gasteiger charge is -2.15. The number of pyridine rings is 1. The Morgan fingerprint density at radius 3 is 2.63 bits per heavy atom. The van der Waals surface area contributed by atoms with Gasteiger partial charge in [-0.2, -0.15) is 5.10 Å². The van der Waals surface area contributed by atoms with E-state index in [-0.39, 0.29) is 12.2 Å². The molecule has 178 valence electrons. The highest BCUT2D eigenvalue weighted by molar-refractivity contribution is 5.93. The summed E-state index contributed by atoms with van der Waals surface area (Å²) in [5.74, 6) is 0.0574. The minimum atomic E-state index is -0.398. The quantitative estimate of drug-likeness (QED) is 0.365. The predicted octanol–water partition coefficient (Wildman–Crippen LogP) is 4.33. The third-order valence-corrected chi connectivity index (χ3v) is 6.23. The normalized spacial score (nSPS) is 11.5. The van der Waals surface area contributed by atoms with Crippen LogP contribution in [0.5, 0.6) is 5.75 Å². The van der Waals surface area contributed by atoms with E-state index in [2.05, 4.69) is 15.2 Å². The Bertz CT molecular complexity index is 1640. The number of benzene rings is 2. The molecule has 3 heterocycles. The average molecular weight is 474 g/mol. The van der Waals surface area contributed by atoms with Gasteiger partial charge in [-0.1, -0.05) is 6.07 Å². The van der Waals surface area contributed by atoms with Gasteiger partial charge in [-0.3, -0.25) is 4.79 Å². The lowest BCUT2D eigenvalue weighted by atomic mass is 9.96. The SMILES string of the molecule is CCn1cnc2c(-c3ccc(F)c(-c4cc5cc(COC)c(=O)n(C)c5cc4OC)c3)cnnc21. The van der Waals surface area contributed by atoms with E-state index in [0.29, 0.717) is 45.7 Å². The van der Waals surface area contributed by atoms with E-state index < -0.39 is 5.82 Å². The van der Waals surface area contributed by atoms with E-state index in [1.165, 1.54) is 13.2 Å². The maximum absolute atomic E-state index is 15.2. The van der Waals surface area contributed by atoms with Gasteiger partial charge >= 0.3 is 0 Å². The van der Waals surface area contributed by atoms with Crippen LogP contribution in [0.3, 0.4) is 0 Å². The summed E-state index contributed by atoms with van der Waals surface area (Å²) in [6, 6.07) is 10.3. The predicted molar refractivity (Wildman–Crippen MR) is 132 cm³/mol. The molecule has 3 aromatic heterocycles. The zero-order valence-electron chi connectivity index (χ0n) is 19.9. The van der Waals surface area contributed by atoms with Crippen molar-refractivity contribution in [2.75, 3.05) is 14.2 Å². The summed E-state index contributed by atoms with van der Waals surface area (Å²) >= 11 is 0. The number of imidazole rings is 1. The number of hydrogen-bond donors (Lipinski definition) is 0. The summed E-state index contributed by atoms with van der Waals surface area (Å²) in [7, 11) is 4.76. The van der Waals surface area contributed by atoms with E-state index in [1.54, 1.807) is 55.5 Å². The van der Waals surface area contributed by atoms with Crippen LogP contribution in [0.25, 0.3) is 44.3 Å². The van der Waals surface area contributed by atoms with Gasteiger partial charge < -0.3 is 18.6 Å². The smallest absolute Gasteiger partial charge is 0.256 e. The molecular formula is C26H24FN5O3. The highest BCUT2D eigenvalue weighted by Gasteiger charge is 2.18. The maximum Gasteiger partial charge on any atom is 0.256 e. The Morgan fingerprint density at radius 1 is 1.06 bits per heavy atom. The van der Waals surface area contributed by atoms with Gasteiger partial charge in [-0.05, 0) is 42.1 Å². The van der Waals surface area contributed by atoms with Crippen molar-refractivity contribution in [2.24, 2.45) is 7.05 Å². The Hall–Kier alpha value is -4.11. The molecule has 8 nitrogen and oxygen atoms in total. The van der Waals surface area contributed by atoms with Crippen LogP contribution in [0, 0.1) is 5.82 Å². The molecule has 0 unspecified atom stereocenters. The fraction of sp³-hybridized carbons (Fsp3) is 0.231. The standard InChI is InChI=1S/C26H24FN5O3/c1-5-32-14-28-24-20(12-29-30-25(24)32)15-6-7-21(27)18(9-15)19-10-16-8-17(13-34-3)26(33)31(2)22(16)11-23(19)35-4/h6-12,14H,5,13H2,1-4H3. The zero-order chi connectivity index (χ0) is 24.7. The van der Waals surface area contributed by atoms with Crippen molar-refractivity contribution in [1.29, 1.82) is 0 Å². The Labute approximate surface area is 200 Å². The summed E-state index contributed by atoms with van der Waals surface area (Å²) in [6.45, 7) is 2.90. The first kappa shape index (κ1) is 22.7. The second-order valence-electron chi connectivity index (χ2n) is 8.23. The molecule has 35 heavy (non-hydrogen) atoms. The Morgan fingerprint density at radius 2 is 1.89 bits per heavy atom. The largest absolute Gasteiger partial charge is 0.496 e. The van der Waals surface area contributed by atoms with Crippen molar-refractivity contribution in [1.82, 2.24) is 24.3 Å². The molecule has 5 rings (SSSR count). The van der Waals surface area contributed by atoms with Crippen LogP contribution in [0.1, 0.15) is 12.5 Å². The number of rotatable bonds is 6. The fourth-order valence-electron chi connectivity index (χ4n) is 4.42. The van der Waals surface area contributed by atoms with E-state index >= 15 is 4.39 Å². The number of hydrogen-bond acceptors (Lipinski definition) is 6. The number of aryl methyl sites for hydroxylation is 2. The van der Waals surface area contributed by atoms with Crippen molar-refractivity contribution >= 4 is 22.1 Å². The number of halogens is 1. The first-order valence-corrected chi connectivity index (χ1v) is 11.1. The molecule has 0 amide bonds. The molecule has 5 aromatic rings. The first-order valence-electron chi connectivity index (χ1n) is 11.1. The molecule has 0 radical (unpaired) electrons. The van der Waals surface area contributed by atoms with Gasteiger partial charge in [-0.15, -0.1) is 5.10 Å². The van der Waals surface area contributed by atoms with Crippen LogP contribution in [0.2, 0.25) is 0 Å². The molecule has 0 aliphatic heterocycles. The van der Waals surface area contributed by atoms with Gasteiger partial charge in [0.1, 0.15) is 17.1 Å². The van der Waals surface area contributed by atoms with Crippen molar-refractivity contribution in [3.8, 4) is 28.0 Å². The topological polar surface area (TPSA) is 84.1 Å². The van der Waals surface area contributed by atoms with E-state index in [9.17, 15) is 4.79 Å². The summed E-state index contributed by atoms with van der Waals surface area (Å²) in [5.41, 5.74) is 4.86.